The normalized spacial score (nSPS) is 17.3. The zero-order chi connectivity index (χ0) is 15.5. The Bertz CT molecular complexity index is 626. The van der Waals surface area contributed by atoms with Crippen LogP contribution >= 0.6 is 11.3 Å². The lowest BCUT2D eigenvalue weighted by Crippen LogP contribution is -2.32. The van der Waals surface area contributed by atoms with E-state index < -0.39 is 6.10 Å². The minimum atomic E-state index is -0.854. The molecule has 1 atom stereocenters. The lowest BCUT2D eigenvalue weighted by molar-refractivity contribution is 0.0750. The largest absolute Gasteiger partial charge is 0.385 e. The average Bonchev–Trinajstić information content (AvgIpc) is 3.09. The van der Waals surface area contributed by atoms with Gasteiger partial charge in [0, 0.05) is 13.1 Å². The molecule has 5 nitrogen and oxygen atoms in total. The molecule has 0 radical (unpaired) electrons. The van der Waals surface area contributed by atoms with E-state index in [1.54, 1.807) is 6.92 Å². The van der Waals surface area contributed by atoms with Crippen molar-refractivity contribution in [3.8, 4) is 10.6 Å². The second-order valence-corrected chi connectivity index (χ2v) is 6.58. The molecular formula is C16H20N2O3S. The molecule has 118 valence electrons. The number of rotatable bonds is 3. The maximum Gasteiger partial charge on any atom is 0.259 e. The van der Waals surface area contributed by atoms with E-state index in [1.165, 1.54) is 11.3 Å². The lowest BCUT2D eigenvalue weighted by Gasteiger charge is -2.20. The smallest absolute Gasteiger partial charge is 0.259 e. The summed E-state index contributed by atoms with van der Waals surface area (Å²) in [4.78, 5) is 15.7. The molecule has 1 fully saturated rings. The van der Waals surface area contributed by atoms with Gasteiger partial charge in [0.2, 0.25) is 0 Å². The maximum absolute atomic E-state index is 13.0. The van der Waals surface area contributed by atoms with Crippen molar-refractivity contribution >= 4 is 17.2 Å². The molecule has 0 spiro atoms. The molecule has 0 bridgehead atoms. The van der Waals surface area contributed by atoms with E-state index >= 15 is 0 Å². The number of carbonyl (C=O) groups excluding carboxylic acids is 1. The van der Waals surface area contributed by atoms with Gasteiger partial charge >= 0.3 is 0 Å². The van der Waals surface area contributed by atoms with E-state index in [-0.39, 0.29) is 11.7 Å². The van der Waals surface area contributed by atoms with Crippen LogP contribution in [0.3, 0.4) is 0 Å². The highest BCUT2D eigenvalue weighted by molar-refractivity contribution is 7.13. The number of hydrogen-bond acceptors (Lipinski definition) is 5. The zero-order valence-electron chi connectivity index (χ0n) is 12.6. The number of likely N-dealkylation sites (tertiary alicyclic amines) is 1. The lowest BCUT2D eigenvalue weighted by atomic mass is 10.1. The van der Waals surface area contributed by atoms with Gasteiger partial charge in [-0.25, -0.2) is 0 Å². The summed E-state index contributed by atoms with van der Waals surface area (Å²) in [5.41, 5.74) is 0.958. The number of carbonyl (C=O) groups is 1. The molecule has 1 aliphatic rings. The van der Waals surface area contributed by atoms with Gasteiger partial charge in [-0.2, -0.15) is 0 Å². The first kappa shape index (κ1) is 15.2. The summed E-state index contributed by atoms with van der Waals surface area (Å²) in [5.74, 6) is 0.181. The van der Waals surface area contributed by atoms with Crippen molar-refractivity contribution < 1.29 is 14.4 Å². The van der Waals surface area contributed by atoms with Crippen LogP contribution < -0.4 is 0 Å². The van der Waals surface area contributed by atoms with Crippen LogP contribution in [0.25, 0.3) is 10.6 Å². The highest BCUT2D eigenvalue weighted by atomic mass is 32.1. The molecule has 22 heavy (non-hydrogen) atoms. The Morgan fingerprint density at radius 1 is 1.36 bits per heavy atom. The highest BCUT2D eigenvalue weighted by Crippen LogP contribution is 2.33. The first-order valence-corrected chi connectivity index (χ1v) is 8.57. The molecule has 6 heteroatoms. The SMILES string of the molecule is CC(O)c1onc(-c2cccs2)c1C(=O)N1CCCCCC1. The molecule has 1 N–H and O–H groups in total. The standard InChI is InChI=1S/C16H20N2O3S/c1-11(19)15-13(14(17-21-15)12-7-6-10-22-12)16(20)18-8-4-2-3-5-9-18/h6-7,10-11,19H,2-5,8-9H2,1H3. The predicted octanol–water partition coefficient (Wildman–Crippen LogP) is 3.47. The molecular weight excluding hydrogens is 300 g/mol. The van der Waals surface area contributed by atoms with E-state index in [4.69, 9.17) is 4.52 Å². The van der Waals surface area contributed by atoms with Crippen molar-refractivity contribution in [2.75, 3.05) is 13.1 Å². The Morgan fingerprint density at radius 3 is 2.68 bits per heavy atom. The number of nitrogens with zero attached hydrogens (tertiary/aromatic N) is 2. The Hall–Kier alpha value is -1.66. The summed E-state index contributed by atoms with van der Waals surface area (Å²) >= 11 is 1.51. The van der Waals surface area contributed by atoms with Gasteiger partial charge in [0.15, 0.2) is 5.76 Å². The Labute approximate surface area is 133 Å². The van der Waals surface area contributed by atoms with Gasteiger partial charge in [0.25, 0.3) is 5.91 Å². The fourth-order valence-electron chi connectivity index (χ4n) is 2.81. The second kappa shape index (κ2) is 6.62. The summed E-state index contributed by atoms with van der Waals surface area (Å²) in [7, 11) is 0. The first-order valence-electron chi connectivity index (χ1n) is 7.69. The maximum atomic E-state index is 13.0. The van der Waals surface area contributed by atoms with Crippen LogP contribution in [-0.4, -0.2) is 34.2 Å². The summed E-state index contributed by atoms with van der Waals surface area (Å²) in [6.07, 6.45) is 3.51. The van der Waals surface area contributed by atoms with Gasteiger partial charge in [0.1, 0.15) is 17.4 Å². The van der Waals surface area contributed by atoms with Gasteiger partial charge in [-0.05, 0) is 31.2 Å². The summed E-state index contributed by atoms with van der Waals surface area (Å²) in [6.45, 7) is 3.11. The molecule has 1 unspecified atom stereocenters. The minimum Gasteiger partial charge on any atom is -0.385 e. The second-order valence-electron chi connectivity index (χ2n) is 5.63. The molecule has 0 aliphatic carbocycles. The van der Waals surface area contributed by atoms with Crippen molar-refractivity contribution in [1.29, 1.82) is 0 Å². The summed E-state index contributed by atoms with van der Waals surface area (Å²) in [5, 5.41) is 15.9. The number of aliphatic hydroxyl groups is 1. The molecule has 0 saturated carbocycles. The fourth-order valence-corrected chi connectivity index (χ4v) is 3.52. The molecule has 1 amide bonds. The van der Waals surface area contributed by atoms with Crippen LogP contribution in [0.1, 0.15) is 54.8 Å². The van der Waals surface area contributed by atoms with Crippen molar-refractivity contribution in [3.05, 3.63) is 28.8 Å². The van der Waals surface area contributed by atoms with Gasteiger partial charge < -0.3 is 14.5 Å². The fraction of sp³-hybridized carbons (Fsp3) is 0.500. The van der Waals surface area contributed by atoms with Crippen molar-refractivity contribution in [1.82, 2.24) is 10.1 Å². The van der Waals surface area contributed by atoms with Gasteiger partial charge in [-0.3, -0.25) is 4.79 Å². The van der Waals surface area contributed by atoms with Crippen LogP contribution in [-0.2, 0) is 0 Å². The summed E-state index contributed by atoms with van der Waals surface area (Å²) in [6, 6.07) is 3.82. The van der Waals surface area contributed by atoms with Crippen LogP contribution in [0.15, 0.2) is 22.0 Å². The third-order valence-electron chi connectivity index (χ3n) is 3.96. The van der Waals surface area contributed by atoms with Crippen LogP contribution in [0.5, 0.6) is 0 Å². The Balaban J connectivity index is 1.99. The first-order chi connectivity index (χ1) is 10.7. The van der Waals surface area contributed by atoms with E-state index in [9.17, 15) is 9.90 Å². The quantitative estimate of drug-likeness (QED) is 0.940. The van der Waals surface area contributed by atoms with Crippen molar-refractivity contribution in [2.24, 2.45) is 0 Å². The van der Waals surface area contributed by atoms with E-state index in [0.29, 0.717) is 11.3 Å². The average molecular weight is 320 g/mol. The topological polar surface area (TPSA) is 66.6 Å². The number of hydrogen-bond donors (Lipinski definition) is 1. The number of thiophene rings is 1. The van der Waals surface area contributed by atoms with Gasteiger partial charge in [-0.15, -0.1) is 11.3 Å². The van der Waals surface area contributed by atoms with Gasteiger partial charge in [0.05, 0.1) is 4.88 Å². The number of aliphatic hydroxyl groups excluding tert-OH is 1. The van der Waals surface area contributed by atoms with Crippen LogP contribution in [0.2, 0.25) is 0 Å². The van der Waals surface area contributed by atoms with Crippen LogP contribution in [0, 0.1) is 0 Å². The number of amides is 1. The van der Waals surface area contributed by atoms with Crippen molar-refractivity contribution in [2.45, 2.75) is 38.7 Å². The van der Waals surface area contributed by atoms with Crippen molar-refractivity contribution in [3.63, 3.8) is 0 Å². The molecule has 2 aromatic rings. The molecule has 0 aromatic carbocycles. The predicted molar refractivity (Wildman–Crippen MR) is 84.8 cm³/mol. The molecule has 3 heterocycles. The van der Waals surface area contributed by atoms with E-state index in [1.807, 2.05) is 22.4 Å². The molecule has 1 aliphatic heterocycles. The molecule has 3 rings (SSSR count). The van der Waals surface area contributed by atoms with E-state index in [0.717, 1.165) is 43.6 Å². The highest BCUT2D eigenvalue weighted by Gasteiger charge is 2.30. The third kappa shape index (κ3) is 2.94. The van der Waals surface area contributed by atoms with Gasteiger partial charge in [-0.1, -0.05) is 24.1 Å². The third-order valence-corrected chi connectivity index (χ3v) is 4.84. The Kier molecular flexibility index (Phi) is 4.59. The molecule has 2 aromatic heterocycles. The van der Waals surface area contributed by atoms with E-state index in [2.05, 4.69) is 5.16 Å². The summed E-state index contributed by atoms with van der Waals surface area (Å²) < 4.78 is 5.28. The Morgan fingerprint density at radius 2 is 2.09 bits per heavy atom. The number of aromatic nitrogens is 1. The monoisotopic (exact) mass is 320 g/mol. The minimum absolute atomic E-state index is 0.0811. The molecule has 1 saturated heterocycles. The van der Waals surface area contributed by atoms with Crippen LogP contribution in [0.4, 0.5) is 0 Å². The zero-order valence-corrected chi connectivity index (χ0v) is 13.4.